The first-order chi connectivity index (χ1) is 20.5. The van der Waals surface area contributed by atoms with Gasteiger partial charge in [0.2, 0.25) is 0 Å². The Kier molecular flexibility index (Phi) is 9.18. The molecule has 2 aliphatic rings. The normalized spacial score (nSPS) is 17.1. The van der Waals surface area contributed by atoms with E-state index in [4.69, 9.17) is 16.3 Å². The van der Waals surface area contributed by atoms with Gasteiger partial charge in [-0.05, 0) is 105 Å². The Morgan fingerprint density at radius 3 is 2.00 bits per heavy atom. The Hall–Kier alpha value is -3.75. The van der Waals surface area contributed by atoms with Crippen LogP contribution in [0.2, 0.25) is 5.02 Å². The molecule has 8 nitrogen and oxygen atoms in total. The van der Waals surface area contributed by atoms with Crippen LogP contribution in [0.4, 0.5) is 16.2 Å². The second-order valence-corrected chi connectivity index (χ2v) is 12.8. The molecule has 3 aromatic carbocycles. The quantitative estimate of drug-likeness (QED) is 0.322. The second-order valence-electron chi connectivity index (χ2n) is 12.4. The number of anilines is 2. The van der Waals surface area contributed by atoms with Crippen LogP contribution in [-0.2, 0) is 4.74 Å². The molecule has 3 aromatic rings. The molecule has 2 N–H and O–H groups in total. The Labute approximate surface area is 258 Å². The summed E-state index contributed by atoms with van der Waals surface area (Å²) in [5.41, 5.74) is 4.62. The van der Waals surface area contributed by atoms with Crippen molar-refractivity contribution in [3.63, 3.8) is 0 Å². The van der Waals surface area contributed by atoms with Crippen molar-refractivity contribution in [3.8, 4) is 11.1 Å². The molecule has 0 spiro atoms. The molecule has 2 aliphatic heterocycles. The third-order valence-corrected chi connectivity index (χ3v) is 8.52. The summed E-state index contributed by atoms with van der Waals surface area (Å²) in [6.07, 6.45) is 0.664. The average molecular weight is 606 g/mol. The summed E-state index contributed by atoms with van der Waals surface area (Å²) in [6, 6.07) is 20.9. The third-order valence-electron chi connectivity index (χ3n) is 8.27. The number of rotatable bonds is 6. The summed E-state index contributed by atoms with van der Waals surface area (Å²) >= 11 is 6.18. The molecule has 2 heterocycles. The van der Waals surface area contributed by atoms with Gasteiger partial charge in [0.05, 0.1) is 11.7 Å². The van der Waals surface area contributed by atoms with Crippen molar-refractivity contribution >= 4 is 35.0 Å². The van der Waals surface area contributed by atoms with Crippen LogP contribution in [-0.4, -0.2) is 72.0 Å². The van der Waals surface area contributed by atoms with Gasteiger partial charge in [-0.25, -0.2) is 9.59 Å². The minimum absolute atomic E-state index is 0.0693. The van der Waals surface area contributed by atoms with Gasteiger partial charge in [-0.2, -0.15) is 0 Å². The van der Waals surface area contributed by atoms with E-state index in [2.05, 4.69) is 28.0 Å². The molecular weight excluding hydrogens is 566 g/mol. The number of carboxylic acids is 1. The number of piperidine rings is 1. The number of ether oxygens (including phenoxy) is 1. The summed E-state index contributed by atoms with van der Waals surface area (Å²) in [6.45, 7) is 9.65. The van der Waals surface area contributed by atoms with Crippen molar-refractivity contribution in [1.29, 1.82) is 0 Å². The predicted molar refractivity (Wildman–Crippen MR) is 170 cm³/mol. The van der Waals surface area contributed by atoms with Gasteiger partial charge in [0.25, 0.3) is 0 Å². The highest BCUT2D eigenvalue weighted by Crippen LogP contribution is 2.39. The van der Waals surface area contributed by atoms with Crippen LogP contribution in [0, 0.1) is 5.92 Å². The van der Waals surface area contributed by atoms with Crippen molar-refractivity contribution in [3.05, 3.63) is 82.9 Å². The van der Waals surface area contributed by atoms with Crippen molar-refractivity contribution in [1.82, 2.24) is 4.90 Å². The highest BCUT2D eigenvalue weighted by atomic mass is 35.5. The molecule has 0 aromatic heterocycles. The zero-order chi connectivity index (χ0) is 30.7. The smallest absolute Gasteiger partial charge is 0.410 e. The zero-order valence-electron chi connectivity index (χ0n) is 25.0. The van der Waals surface area contributed by atoms with Crippen molar-refractivity contribution < 1.29 is 24.5 Å². The van der Waals surface area contributed by atoms with Crippen LogP contribution in [0.25, 0.3) is 11.1 Å². The molecule has 2 fully saturated rings. The number of amides is 1. The van der Waals surface area contributed by atoms with E-state index in [1.807, 2.05) is 57.2 Å². The number of hydrogen-bond acceptors (Lipinski definition) is 6. The number of carbonyl (C=O) groups excluding carboxylic acids is 1. The fourth-order valence-corrected chi connectivity index (χ4v) is 6.03. The topological polar surface area (TPSA) is 93.6 Å². The molecule has 0 saturated carbocycles. The van der Waals surface area contributed by atoms with Crippen LogP contribution >= 0.6 is 11.6 Å². The maximum atomic E-state index is 12.6. The Morgan fingerprint density at radius 2 is 1.42 bits per heavy atom. The lowest BCUT2D eigenvalue weighted by molar-refractivity contribution is 0.0240. The standard InChI is InChI=1S/C34H40ClN3O5/c1-34(2,3)43-33(42)38-20-18-37(19-21-38)28-12-13-29(23-4-8-26(35)9-5-23)30(22-28)31(39)24-14-16-36(17-15-24)27-10-6-25(7-11-27)32(40)41/h4-13,22,24,31,39H,14-21H2,1-3H3,(H,40,41)/t31-/m1/s1. The number of carboxylic acid groups (broad SMARTS) is 1. The van der Waals surface area contributed by atoms with Gasteiger partial charge in [-0.1, -0.05) is 29.8 Å². The van der Waals surface area contributed by atoms with Gasteiger partial charge in [0, 0.05) is 55.7 Å². The molecule has 0 unspecified atom stereocenters. The summed E-state index contributed by atoms with van der Waals surface area (Å²) in [7, 11) is 0. The first-order valence-electron chi connectivity index (χ1n) is 14.9. The van der Waals surface area contributed by atoms with E-state index in [1.54, 1.807) is 17.0 Å². The molecule has 0 bridgehead atoms. The number of aliphatic hydroxyl groups excluding tert-OH is 1. The molecule has 0 aliphatic carbocycles. The molecule has 43 heavy (non-hydrogen) atoms. The van der Waals surface area contributed by atoms with Crippen LogP contribution in [0.1, 0.15) is 55.6 Å². The molecule has 5 rings (SSSR count). The lowest BCUT2D eigenvalue weighted by Crippen LogP contribution is -2.50. The van der Waals surface area contributed by atoms with E-state index < -0.39 is 17.7 Å². The van der Waals surface area contributed by atoms with Crippen molar-refractivity contribution in [2.24, 2.45) is 5.92 Å². The van der Waals surface area contributed by atoms with Crippen LogP contribution in [0.3, 0.4) is 0 Å². The molecule has 1 amide bonds. The lowest BCUT2D eigenvalue weighted by atomic mass is 9.84. The number of carbonyl (C=O) groups is 2. The van der Waals surface area contributed by atoms with Gasteiger partial charge in [-0.3, -0.25) is 0 Å². The van der Waals surface area contributed by atoms with Crippen LogP contribution in [0.15, 0.2) is 66.7 Å². The van der Waals surface area contributed by atoms with Gasteiger partial charge in [-0.15, -0.1) is 0 Å². The first-order valence-corrected chi connectivity index (χ1v) is 15.3. The largest absolute Gasteiger partial charge is 0.478 e. The molecule has 0 radical (unpaired) electrons. The molecular formula is C34H40ClN3O5. The van der Waals surface area contributed by atoms with Gasteiger partial charge < -0.3 is 29.6 Å². The summed E-state index contributed by atoms with van der Waals surface area (Å²) in [5, 5.41) is 21.7. The van der Waals surface area contributed by atoms with Crippen molar-refractivity contribution in [2.75, 3.05) is 49.1 Å². The number of nitrogens with zero attached hydrogens (tertiary/aromatic N) is 3. The average Bonchev–Trinajstić information content (AvgIpc) is 3.00. The minimum Gasteiger partial charge on any atom is -0.478 e. The first kappa shape index (κ1) is 30.7. The summed E-state index contributed by atoms with van der Waals surface area (Å²) < 4.78 is 5.56. The highest BCUT2D eigenvalue weighted by molar-refractivity contribution is 6.30. The SMILES string of the molecule is CC(C)(C)OC(=O)N1CCN(c2ccc(-c3ccc(Cl)cc3)c([C@H](O)C3CCN(c4ccc(C(=O)O)cc4)CC3)c2)CC1. The number of hydrogen-bond donors (Lipinski definition) is 2. The highest BCUT2D eigenvalue weighted by Gasteiger charge is 2.30. The predicted octanol–water partition coefficient (Wildman–Crippen LogP) is 6.71. The second kappa shape index (κ2) is 12.9. The zero-order valence-corrected chi connectivity index (χ0v) is 25.8. The minimum atomic E-state index is -0.933. The molecule has 228 valence electrons. The number of benzene rings is 3. The van der Waals surface area contributed by atoms with Crippen molar-refractivity contribution in [2.45, 2.75) is 45.3 Å². The number of halogens is 1. The molecule has 2 saturated heterocycles. The van der Waals surface area contributed by atoms with Gasteiger partial charge in [0.1, 0.15) is 5.60 Å². The Bertz CT molecular complexity index is 1420. The van der Waals surface area contributed by atoms with Crippen LogP contribution < -0.4 is 9.80 Å². The maximum absolute atomic E-state index is 12.6. The van der Waals surface area contributed by atoms with E-state index in [0.717, 1.165) is 54.0 Å². The fraction of sp³-hybridized carbons (Fsp3) is 0.412. The maximum Gasteiger partial charge on any atom is 0.410 e. The third kappa shape index (κ3) is 7.43. The van der Waals surface area contributed by atoms with E-state index in [0.29, 0.717) is 31.2 Å². The van der Waals surface area contributed by atoms with E-state index >= 15 is 0 Å². The fourth-order valence-electron chi connectivity index (χ4n) is 5.90. The van der Waals surface area contributed by atoms with Gasteiger partial charge in [0.15, 0.2) is 0 Å². The number of piperazine rings is 1. The summed E-state index contributed by atoms with van der Waals surface area (Å²) in [4.78, 5) is 30.1. The number of aliphatic hydroxyl groups is 1. The van der Waals surface area contributed by atoms with E-state index in [1.165, 1.54) is 0 Å². The Balaban J connectivity index is 1.32. The lowest BCUT2D eigenvalue weighted by Gasteiger charge is -2.38. The number of aromatic carboxylic acids is 1. The monoisotopic (exact) mass is 605 g/mol. The molecule has 1 atom stereocenters. The van der Waals surface area contributed by atoms with E-state index in [9.17, 15) is 19.8 Å². The van der Waals surface area contributed by atoms with E-state index in [-0.39, 0.29) is 17.6 Å². The van der Waals surface area contributed by atoms with Crippen LogP contribution in [0.5, 0.6) is 0 Å². The van der Waals surface area contributed by atoms with Gasteiger partial charge >= 0.3 is 12.1 Å². The molecule has 9 heteroatoms. The summed E-state index contributed by atoms with van der Waals surface area (Å²) in [5.74, 6) is -0.864. The Morgan fingerprint density at radius 1 is 0.837 bits per heavy atom.